The first-order valence-corrected chi connectivity index (χ1v) is 5.82. The van der Waals surface area contributed by atoms with Crippen molar-refractivity contribution in [2.75, 3.05) is 6.54 Å². The number of furan rings is 1. The van der Waals surface area contributed by atoms with Gasteiger partial charge in [-0.2, -0.15) is 0 Å². The van der Waals surface area contributed by atoms with Crippen molar-refractivity contribution in [3.05, 3.63) is 24.2 Å². The summed E-state index contributed by atoms with van der Waals surface area (Å²) in [6.45, 7) is 1.42. The molecule has 3 amide bonds. The third-order valence-corrected chi connectivity index (χ3v) is 3.00. The Labute approximate surface area is 113 Å². The number of nitrogens with one attached hydrogen (secondary N) is 2. The topological polar surface area (TPSA) is 127 Å². The van der Waals surface area contributed by atoms with Crippen molar-refractivity contribution < 1.29 is 23.6 Å². The normalized spacial score (nSPS) is 22.0. The van der Waals surface area contributed by atoms with Crippen molar-refractivity contribution in [2.45, 2.75) is 18.9 Å². The van der Waals surface area contributed by atoms with Crippen molar-refractivity contribution in [3.63, 3.8) is 0 Å². The van der Waals surface area contributed by atoms with Crippen LogP contribution in [-0.2, 0) is 20.0 Å². The van der Waals surface area contributed by atoms with E-state index in [1.54, 1.807) is 17.7 Å². The lowest BCUT2D eigenvalue weighted by Gasteiger charge is -2.18. The number of nitrogens with zero attached hydrogens (tertiary/aromatic N) is 1. The Morgan fingerprint density at radius 2 is 2.35 bits per heavy atom. The van der Waals surface area contributed by atoms with E-state index >= 15 is 0 Å². The molecular weight excluding hydrogens is 268 g/mol. The van der Waals surface area contributed by atoms with Gasteiger partial charge in [0.2, 0.25) is 0 Å². The number of carbonyl (C=O) groups excluding carboxylic acids is 3. The Kier molecular flexibility index (Phi) is 3.72. The zero-order valence-electron chi connectivity index (χ0n) is 10.7. The van der Waals surface area contributed by atoms with Gasteiger partial charge in [-0.15, -0.1) is 0 Å². The van der Waals surface area contributed by atoms with Gasteiger partial charge in [0.1, 0.15) is 5.76 Å². The van der Waals surface area contributed by atoms with Gasteiger partial charge in [0.05, 0.1) is 12.7 Å². The van der Waals surface area contributed by atoms with Crippen molar-refractivity contribution in [1.82, 2.24) is 15.8 Å². The number of nitrogens with two attached hydrogens (primary N) is 1. The first-order chi connectivity index (χ1) is 9.49. The maximum absolute atomic E-state index is 12.3. The highest BCUT2D eigenvalue weighted by Gasteiger charge is 2.50. The molecule has 1 aliphatic heterocycles. The summed E-state index contributed by atoms with van der Waals surface area (Å²) in [6, 6.07) is 2.61. The Bertz CT molecular complexity index is 529. The largest absolute Gasteiger partial charge is 0.466 e. The lowest BCUT2D eigenvalue weighted by molar-refractivity contribution is -0.151. The van der Waals surface area contributed by atoms with Gasteiger partial charge in [0.25, 0.3) is 5.91 Å². The lowest BCUT2D eigenvalue weighted by Crippen LogP contribution is -2.40. The zero-order chi connectivity index (χ0) is 14.8. The van der Waals surface area contributed by atoms with Crippen molar-refractivity contribution >= 4 is 17.9 Å². The molecule has 20 heavy (non-hydrogen) atoms. The van der Waals surface area contributed by atoms with Crippen LogP contribution in [0.4, 0.5) is 4.79 Å². The molecule has 4 N–H and O–H groups in total. The molecule has 1 aromatic heterocycles. The molecular formula is C11H14N4O5. The third-order valence-electron chi connectivity index (χ3n) is 3.00. The Balaban J connectivity index is 2.08. The van der Waals surface area contributed by atoms with Crippen LogP contribution in [0.2, 0.25) is 0 Å². The van der Waals surface area contributed by atoms with E-state index in [9.17, 15) is 14.4 Å². The zero-order valence-corrected chi connectivity index (χ0v) is 10.7. The molecule has 1 saturated heterocycles. The summed E-state index contributed by atoms with van der Waals surface area (Å²) >= 11 is 0. The maximum Gasteiger partial charge on any atom is 0.328 e. The van der Waals surface area contributed by atoms with Gasteiger partial charge in [-0.05, 0) is 19.1 Å². The van der Waals surface area contributed by atoms with Crippen LogP contribution in [0.15, 0.2) is 22.8 Å². The number of carbonyl (C=O) groups is 3. The summed E-state index contributed by atoms with van der Waals surface area (Å²) in [6.07, 6.45) is 1.24. The second-order valence-corrected chi connectivity index (χ2v) is 4.33. The quantitative estimate of drug-likeness (QED) is 0.372. The molecule has 9 nitrogen and oxygen atoms in total. The van der Waals surface area contributed by atoms with Gasteiger partial charge < -0.3 is 14.6 Å². The Morgan fingerprint density at radius 3 is 2.95 bits per heavy atom. The predicted molar refractivity (Wildman–Crippen MR) is 64.3 cm³/mol. The molecule has 1 unspecified atom stereocenters. The predicted octanol–water partition coefficient (Wildman–Crippen LogP) is -0.642. The van der Waals surface area contributed by atoms with Crippen LogP contribution >= 0.6 is 0 Å². The van der Waals surface area contributed by atoms with E-state index in [-0.39, 0.29) is 13.0 Å². The molecule has 1 aromatic rings. The van der Waals surface area contributed by atoms with Crippen molar-refractivity contribution in [3.8, 4) is 0 Å². The molecule has 9 heteroatoms. The smallest absolute Gasteiger partial charge is 0.328 e. The second-order valence-electron chi connectivity index (χ2n) is 4.33. The highest BCUT2D eigenvalue weighted by Crippen LogP contribution is 2.29. The minimum atomic E-state index is -1.27. The van der Waals surface area contributed by atoms with Crippen LogP contribution in [0.25, 0.3) is 0 Å². The molecule has 1 fully saturated rings. The molecule has 0 spiro atoms. The number of imide groups is 1. The van der Waals surface area contributed by atoms with E-state index in [1.165, 1.54) is 13.2 Å². The second kappa shape index (κ2) is 5.31. The van der Waals surface area contributed by atoms with Crippen LogP contribution in [-0.4, -0.2) is 29.4 Å². The lowest BCUT2D eigenvalue weighted by atomic mass is 9.99. The number of rotatable bonds is 5. The van der Waals surface area contributed by atoms with Crippen LogP contribution in [0.3, 0.4) is 0 Å². The summed E-state index contributed by atoms with van der Waals surface area (Å²) in [5.74, 6) is 3.96. The summed E-state index contributed by atoms with van der Waals surface area (Å²) in [7, 11) is 0. The fourth-order valence-corrected chi connectivity index (χ4v) is 1.95. The van der Waals surface area contributed by atoms with Gasteiger partial charge in [-0.25, -0.2) is 10.6 Å². The molecule has 0 aromatic carbocycles. The molecule has 108 valence electrons. The Hall–Kier alpha value is -2.39. The van der Waals surface area contributed by atoms with Crippen molar-refractivity contribution in [1.29, 1.82) is 0 Å². The molecule has 2 heterocycles. The first kappa shape index (κ1) is 14.0. The standard InChI is InChI=1S/C11H14N4O5/c1-11(7-3-2-6-19-7)9(17)15(10(18)13-11)5-4-8(16)20-14-12/h2-3,6,14H,4-5,12H2,1H3,(H,13,18). The molecule has 0 bridgehead atoms. The van der Waals surface area contributed by atoms with E-state index in [0.717, 1.165) is 4.90 Å². The molecule has 0 aliphatic carbocycles. The molecule has 1 atom stereocenters. The van der Waals surface area contributed by atoms with E-state index in [0.29, 0.717) is 5.76 Å². The van der Waals surface area contributed by atoms with Gasteiger partial charge in [-0.1, -0.05) is 5.59 Å². The summed E-state index contributed by atoms with van der Waals surface area (Å²) in [5, 5.41) is 2.54. The Morgan fingerprint density at radius 1 is 1.60 bits per heavy atom. The number of hydrogen-bond donors (Lipinski definition) is 3. The summed E-state index contributed by atoms with van der Waals surface area (Å²) < 4.78 is 5.17. The fourth-order valence-electron chi connectivity index (χ4n) is 1.95. The summed E-state index contributed by atoms with van der Waals surface area (Å²) in [4.78, 5) is 40.5. The van der Waals surface area contributed by atoms with Crippen LogP contribution < -0.4 is 16.7 Å². The fraction of sp³-hybridized carbons (Fsp3) is 0.364. The monoisotopic (exact) mass is 282 g/mol. The van der Waals surface area contributed by atoms with E-state index in [1.807, 2.05) is 0 Å². The highest BCUT2D eigenvalue weighted by molar-refractivity contribution is 6.07. The molecule has 1 aliphatic rings. The van der Waals surface area contributed by atoms with E-state index < -0.39 is 23.4 Å². The molecule has 0 radical (unpaired) electrons. The van der Waals surface area contributed by atoms with Gasteiger partial charge >= 0.3 is 12.0 Å². The average molecular weight is 282 g/mol. The van der Waals surface area contributed by atoms with Crippen molar-refractivity contribution in [2.24, 2.45) is 5.84 Å². The van der Waals surface area contributed by atoms with Gasteiger partial charge in [0.15, 0.2) is 5.54 Å². The summed E-state index contributed by atoms with van der Waals surface area (Å²) in [5.41, 5.74) is 0.468. The van der Waals surface area contributed by atoms with Gasteiger partial charge in [0, 0.05) is 6.54 Å². The van der Waals surface area contributed by atoms with Crippen LogP contribution in [0.5, 0.6) is 0 Å². The van der Waals surface area contributed by atoms with Crippen LogP contribution in [0, 0.1) is 0 Å². The highest BCUT2D eigenvalue weighted by atomic mass is 16.7. The minimum absolute atomic E-state index is 0.110. The first-order valence-electron chi connectivity index (χ1n) is 5.82. The van der Waals surface area contributed by atoms with E-state index in [4.69, 9.17) is 10.3 Å². The van der Waals surface area contributed by atoms with Gasteiger partial charge in [-0.3, -0.25) is 14.5 Å². The average Bonchev–Trinajstić information content (AvgIpc) is 2.98. The third kappa shape index (κ3) is 2.36. The van der Waals surface area contributed by atoms with E-state index in [2.05, 4.69) is 10.2 Å². The molecule has 2 rings (SSSR count). The number of amides is 3. The number of hydrogen-bond acceptors (Lipinski definition) is 7. The molecule has 0 saturated carbocycles. The maximum atomic E-state index is 12.3. The number of urea groups is 1. The SMILES string of the molecule is CC1(c2ccco2)NC(=O)N(CCC(=O)ONN)C1=O. The van der Waals surface area contributed by atoms with Crippen LogP contribution in [0.1, 0.15) is 19.1 Å². The minimum Gasteiger partial charge on any atom is -0.466 e. The number of hydrazine groups is 1.